The number of rotatable bonds is 7. The summed E-state index contributed by atoms with van der Waals surface area (Å²) in [6.07, 6.45) is 7.75. The van der Waals surface area contributed by atoms with E-state index in [0.29, 0.717) is 37.0 Å². The maximum absolute atomic E-state index is 13.9. The normalized spacial score (nSPS) is 23.2. The molecular weight excluding hydrogens is 520 g/mol. The Bertz CT molecular complexity index is 1170. The zero-order valence-corrected chi connectivity index (χ0v) is 25.1. The second-order valence-corrected chi connectivity index (χ2v) is 13.0. The van der Waals surface area contributed by atoms with E-state index in [9.17, 15) is 9.59 Å². The minimum absolute atomic E-state index is 0.00346. The van der Waals surface area contributed by atoms with Crippen molar-refractivity contribution in [1.82, 2.24) is 20.4 Å². The minimum Gasteiger partial charge on any atom is -0.343 e. The monoisotopic (exact) mass is 564 g/mol. The number of halogens is 1. The number of nitrogens with zero attached hydrogens (tertiary/aromatic N) is 2. The minimum atomic E-state index is -0.627. The third kappa shape index (κ3) is 6.72. The molecular formula is C33H45ClN4O2. The average molecular weight is 565 g/mol. The van der Waals surface area contributed by atoms with Crippen LogP contribution in [0, 0.1) is 5.92 Å². The Hall–Kier alpha value is -2.41. The molecule has 0 aromatic heterocycles. The first-order valence-electron chi connectivity index (χ1n) is 15.1. The van der Waals surface area contributed by atoms with Crippen LogP contribution in [0.1, 0.15) is 69.6 Å². The van der Waals surface area contributed by atoms with Crippen LogP contribution in [0.3, 0.4) is 0 Å². The number of carbonyl (C=O) groups is 2. The highest BCUT2D eigenvalue weighted by Gasteiger charge is 2.37. The van der Waals surface area contributed by atoms with Gasteiger partial charge in [-0.2, -0.15) is 0 Å². The molecule has 0 bridgehead atoms. The molecule has 40 heavy (non-hydrogen) atoms. The molecule has 216 valence electrons. The highest BCUT2D eigenvalue weighted by molar-refractivity contribution is 6.30. The molecule has 2 heterocycles. The number of fused-ring (bicyclic) bond motifs is 1. The van der Waals surface area contributed by atoms with Crippen molar-refractivity contribution in [2.75, 3.05) is 26.2 Å². The summed E-state index contributed by atoms with van der Waals surface area (Å²) in [5.41, 5.74) is 3.04. The Morgan fingerprint density at radius 2 is 1.68 bits per heavy atom. The van der Waals surface area contributed by atoms with Crippen molar-refractivity contribution in [2.45, 2.75) is 89.4 Å². The Labute approximate surface area is 244 Å². The fourth-order valence-corrected chi connectivity index (χ4v) is 7.19. The van der Waals surface area contributed by atoms with Crippen LogP contribution in [0.2, 0.25) is 5.02 Å². The molecule has 2 aromatic rings. The number of nitrogens with one attached hydrogen (secondary N) is 2. The van der Waals surface area contributed by atoms with Gasteiger partial charge in [-0.05, 0) is 74.8 Å². The first kappa shape index (κ1) is 29.1. The fourth-order valence-electron chi connectivity index (χ4n) is 7.06. The Morgan fingerprint density at radius 3 is 2.38 bits per heavy atom. The van der Waals surface area contributed by atoms with Crippen molar-refractivity contribution in [3.05, 3.63) is 70.2 Å². The highest BCUT2D eigenvalue weighted by atomic mass is 35.5. The molecule has 2 N–H and O–H groups in total. The van der Waals surface area contributed by atoms with Crippen molar-refractivity contribution >= 4 is 23.4 Å². The summed E-state index contributed by atoms with van der Waals surface area (Å²) in [5.74, 6) is 0.647. The highest BCUT2D eigenvalue weighted by Crippen LogP contribution is 2.31. The molecule has 0 spiro atoms. The molecule has 6 nitrogen and oxygen atoms in total. The van der Waals surface area contributed by atoms with Gasteiger partial charge in [-0.1, -0.05) is 67.3 Å². The molecule has 2 fully saturated rings. The van der Waals surface area contributed by atoms with E-state index in [1.165, 1.54) is 43.2 Å². The second kappa shape index (κ2) is 12.6. The molecule has 0 radical (unpaired) electrons. The van der Waals surface area contributed by atoms with Crippen LogP contribution in [0.15, 0.2) is 48.5 Å². The van der Waals surface area contributed by atoms with Crippen LogP contribution in [-0.4, -0.2) is 65.9 Å². The van der Waals surface area contributed by atoms with Gasteiger partial charge in [0.2, 0.25) is 11.8 Å². The van der Waals surface area contributed by atoms with Gasteiger partial charge in [0, 0.05) is 49.2 Å². The van der Waals surface area contributed by atoms with E-state index in [1.807, 2.05) is 41.3 Å². The number of carbonyl (C=O) groups excluding carboxylic acids is 2. The third-order valence-corrected chi connectivity index (χ3v) is 9.72. The lowest BCUT2D eigenvalue weighted by Gasteiger charge is -2.43. The fraction of sp³-hybridized carbons (Fsp3) is 0.576. The van der Waals surface area contributed by atoms with E-state index >= 15 is 0 Å². The molecule has 7 heteroatoms. The maximum Gasteiger partial charge on any atom is 0.245 e. The van der Waals surface area contributed by atoms with E-state index in [-0.39, 0.29) is 17.4 Å². The standard InChI is InChI=1S/C33H45ClN4O2/c1-23(25-9-5-4-6-10-25)37-17-19-38(20-18-37)32(40)30(21-24-13-15-27(34)16-14-24)35-31(39)29-22-26-11-7-8-12-28(26)33(2,3)36-29/h7-8,11-16,23,25,29-30,36H,4-6,9-10,17-22H2,1-3H3,(H,35,39). The molecule has 1 saturated heterocycles. The summed E-state index contributed by atoms with van der Waals surface area (Å²) in [5, 5.41) is 7.35. The summed E-state index contributed by atoms with van der Waals surface area (Å²) >= 11 is 6.12. The molecule has 3 atom stereocenters. The molecule has 1 aliphatic carbocycles. The zero-order chi connectivity index (χ0) is 28.3. The van der Waals surface area contributed by atoms with Gasteiger partial charge in [0.05, 0.1) is 6.04 Å². The van der Waals surface area contributed by atoms with Crippen LogP contribution in [0.25, 0.3) is 0 Å². The summed E-state index contributed by atoms with van der Waals surface area (Å²) in [4.78, 5) is 32.1. The van der Waals surface area contributed by atoms with Gasteiger partial charge in [0.25, 0.3) is 0 Å². The van der Waals surface area contributed by atoms with Crippen LogP contribution in [-0.2, 0) is 28.0 Å². The smallest absolute Gasteiger partial charge is 0.245 e. The van der Waals surface area contributed by atoms with Gasteiger partial charge in [-0.25, -0.2) is 0 Å². The van der Waals surface area contributed by atoms with Crippen molar-refractivity contribution in [3.63, 3.8) is 0 Å². The van der Waals surface area contributed by atoms with Crippen molar-refractivity contribution < 1.29 is 9.59 Å². The predicted octanol–water partition coefficient (Wildman–Crippen LogP) is 4.93. The molecule has 2 aromatic carbocycles. The molecule has 1 saturated carbocycles. The molecule has 2 aliphatic heterocycles. The van der Waals surface area contributed by atoms with E-state index in [2.05, 4.69) is 48.4 Å². The summed E-state index contributed by atoms with van der Waals surface area (Å²) in [6, 6.07) is 15.4. The van der Waals surface area contributed by atoms with Crippen molar-refractivity contribution in [1.29, 1.82) is 0 Å². The molecule has 3 unspecified atom stereocenters. The Morgan fingerprint density at radius 1 is 1.00 bits per heavy atom. The summed E-state index contributed by atoms with van der Waals surface area (Å²) in [6.45, 7) is 9.76. The van der Waals surface area contributed by atoms with Gasteiger partial charge >= 0.3 is 0 Å². The van der Waals surface area contributed by atoms with E-state index in [0.717, 1.165) is 24.6 Å². The van der Waals surface area contributed by atoms with Gasteiger partial charge in [-0.15, -0.1) is 0 Å². The van der Waals surface area contributed by atoms with Gasteiger partial charge in [0.1, 0.15) is 6.04 Å². The lowest BCUT2D eigenvalue weighted by atomic mass is 9.82. The Balaban J connectivity index is 1.27. The lowest BCUT2D eigenvalue weighted by molar-refractivity contribution is -0.139. The van der Waals surface area contributed by atoms with Gasteiger partial charge < -0.3 is 10.2 Å². The second-order valence-electron chi connectivity index (χ2n) is 12.6. The maximum atomic E-state index is 13.9. The van der Waals surface area contributed by atoms with Crippen LogP contribution in [0.5, 0.6) is 0 Å². The third-order valence-electron chi connectivity index (χ3n) is 9.47. The SMILES string of the molecule is CC(C1CCCCC1)N1CCN(C(=O)C(Cc2ccc(Cl)cc2)NC(=O)C2Cc3ccccc3C(C)(C)N2)CC1. The van der Waals surface area contributed by atoms with E-state index in [4.69, 9.17) is 11.6 Å². The predicted molar refractivity (Wildman–Crippen MR) is 161 cm³/mol. The van der Waals surface area contributed by atoms with Crippen molar-refractivity contribution in [2.24, 2.45) is 5.92 Å². The first-order valence-corrected chi connectivity index (χ1v) is 15.5. The largest absolute Gasteiger partial charge is 0.343 e. The van der Waals surface area contributed by atoms with E-state index < -0.39 is 12.1 Å². The topological polar surface area (TPSA) is 64.7 Å². The number of amides is 2. The van der Waals surface area contributed by atoms with Crippen LogP contribution in [0.4, 0.5) is 0 Å². The Kier molecular flexibility index (Phi) is 9.18. The average Bonchev–Trinajstić information content (AvgIpc) is 2.97. The number of piperazine rings is 1. The number of benzene rings is 2. The molecule has 5 rings (SSSR count). The van der Waals surface area contributed by atoms with Crippen LogP contribution < -0.4 is 10.6 Å². The number of hydrogen-bond acceptors (Lipinski definition) is 4. The summed E-state index contributed by atoms with van der Waals surface area (Å²) in [7, 11) is 0. The van der Waals surface area contributed by atoms with Crippen molar-refractivity contribution in [3.8, 4) is 0 Å². The first-order chi connectivity index (χ1) is 19.2. The zero-order valence-electron chi connectivity index (χ0n) is 24.3. The molecule has 2 amide bonds. The van der Waals surface area contributed by atoms with Crippen LogP contribution >= 0.6 is 11.6 Å². The summed E-state index contributed by atoms with van der Waals surface area (Å²) < 4.78 is 0. The van der Waals surface area contributed by atoms with E-state index in [1.54, 1.807) is 0 Å². The quantitative estimate of drug-likeness (QED) is 0.500. The van der Waals surface area contributed by atoms with Gasteiger partial charge in [-0.3, -0.25) is 19.8 Å². The molecule has 3 aliphatic rings. The number of hydrogen-bond donors (Lipinski definition) is 2. The lowest BCUT2D eigenvalue weighted by Crippen LogP contribution is -2.61. The van der Waals surface area contributed by atoms with Gasteiger partial charge in [0.15, 0.2) is 0 Å².